The summed E-state index contributed by atoms with van der Waals surface area (Å²) in [6.07, 6.45) is 0. The molecular weight excluding hydrogens is 351 g/mol. The van der Waals surface area contributed by atoms with Crippen molar-refractivity contribution in [2.75, 3.05) is 31.1 Å². The van der Waals surface area contributed by atoms with E-state index < -0.39 is 15.8 Å². The molecule has 0 N–H and O–H groups in total. The number of benzene rings is 2. The summed E-state index contributed by atoms with van der Waals surface area (Å²) in [6, 6.07) is 8.15. The smallest absolute Gasteiger partial charge is 0.243 e. The highest BCUT2D eigenvalue weighted by atomic mass is 32.2. The molecule has 2 aromatic carbocycles. The van der Waals surface area contributed by atoms with Crippen molar-refractivity contribution in [1.82, 2.24) is 4.31 Å². The normalized spacial score (nSPS) is 16.1. The number of rotatable bonds is 3. The van der Waals surface area contributed by atoms with Crippen LogP contribution in [0.2, 0.25) is 0 Å². The zero-order valence-electron chi connectivity index (χ0n) is 15.7. The summed E-state index contributed by atoms with van der Waals surface area (Å²) in [5.74, 6) is -0.420. The molecular formula is C20H25FN2O2S. The first-order chi connectivity index (χ1) is 12.2. The minimum absolute atomic E-state index is 0.190. The van der Waals surface area contributed by atoms with Gasteiger partial charge in [-0.1, -0.05) is 17.7 Å². The Kier molecular flexibility index (Phi) is 5.08. The van der Waals surface area contributed by atoms with Gasteiger partial charge in [-0.25, -0.2) is 12.8 Å². The third-order valence-electron chi connectivity index (χ3n) is 4.95. The van der Waals surface area contributed by atoms with Gasteiger partial charge >= 0.3 is 0 Å². The Bertz CT molecular complexity index is 910. The lowest BCUT2D eigenvalue weighted by Crippen LogP contribution is -2.49. The van der Waals surface area contributed by atoms with Gasteiger partial charge in [0.15, 0.2) is 0 Å². The van der Waals surface area contributed by atoms with Crippen LogP contribution >= 0.6 is 0 Å². The highest BCUT2D eigenvalue weighted by molar-refractivity contribution is 7.89. The van der Waals surface area contributed by atoms with Gasteiger partial charge in [-0.15, -0.1) is 0 Å². The van der Waals surface area contributed by atoms with Gasteiger partial charge in [0.25, 0.3) is 0 Å². The second-order valence-electron chi connectivity index (χ2n) is 7.05. The Balaban J connectivity index is 1.80. The lowest BCUT2D eigenvalue weighted by Gasteiger charge is -2.37. The maximum absolute atomic E-state index is 13.3. The molecule has 0 aliphatic carbocycles. The average Bonchev–Trinajstić information content (AvgIpc) is 2.54. The fourth-order valence-electron chi connectivity index (χ4n) is 3.86. The first kappa shape index (κ1) is 18.9. The summed E-state index contributed by atoms with van der Waals surface area (Å²) in [5, 5.41) is 0. The average molecular weight is 376 g/mol. The van der Waals surface area contributed by atoms with E-state index in [-0.39, 0.29) is 4.90 Å². The van der Waals surface area contributed by atoms with Crippen molar-refractivity contribution in [2.45, 2.75) is 32.6 Å². The molecule has 1 heterocycles. The summed E-state index contributed by atoms with van der Waals surface area (Å²) in [4.78, 5) is 2.45. The van der Waals surface area contributed by atoms with E-state index in [1.54, 1.807) is 6.92 Å². The Morgan fingerprint density at radius 2 is 1.42 bits per heavy atom. The predicted molar refractivity (Wildman–Crippen MR) is 103 cm³/mol. The van der Waals surface area contributed by atoms with Crippen LogP contribution in [-0.2, 0) is 10.0 Å². The van der Waals surface area contributed by atoms with E-state index >= 15 is 0 Å². The summed E-state index contributed by atoms with van der Waals surface area (Å²) in [7, 11) is -3.60. The number of nitrogens with zero attached hydrogens (tertiary/aromatic N) is 2. The first-order valence-electron chi connectivity index (χ1n) is 8.79. The van der Waals surface area contributed by atoms with Crippen molar-refractivity contribution in [2.24, 2.45) is 0 Å². The molecule has 0 unspecified atom stereocenters. The molecule has 0 amide bonds. The number of halogens is 1. The Hall–Kier alpha value is -1.92. The highest BCUT2D eigenvalue weighted by Crippen LogP contribution is 2.29. The van der Waals surface area contributed by atoms with Crippen molar-refractivity contribution in [3.05, 3.63) is 58.4 Å². The molecule has 0 bridgehead atoms. The molecule has 1 fully saturated rings. The molecule has 1 aliphatic heterocycles. The van der Waals surface area contributed by atoms with Gasteiger partial charge in [-0.2, -0.15) is 4.31 Å². The van der Waals surface area contributed by atoms with Crippen LogP contribution in [-0.4, -0.2) is 38.9 Å². The van der Waals surface area contributed by atoms with Crippen molar-refractivity contribution >= 4 is 15.7 Å². The molecule has 6 heteroatoms. The quantitative estimate of drug-likeness (QED) is 0.822. The Labute approximate surface area is 155 Å². The molecule has 0 saturated carbocycles. The summed E-state index contributed by atoms with van der Waals surface area (Å²) in [5.41, 5.74) is 5.31. The molecule has 26 heavy (non-hydrogen) atoms. The zero-order valence-corrected chi connectivity index (χ0v) is 16.5. The second-order valence-corrected chi connectivity index (χ2v) is 8.95. The maximum atomic E-state index is 13.3. The van der Waals surface area contributed by atoms with E-state index in [4.69, 9.17) is 0 Å². The molecule has 140 valence electrons. The van der Waals surface area contributed by atoms with Gasteiger partial charge < -0.3 is 4.90 Å². The number of anilines is 1. The number of hydrogen-bond acceptors (Lipinski definition) is 3. The molecule has 3 rings (SSSR count). The highest BCUT2D eigenvalue weighted by Gasteiger charge is 2.30. The van der Waals surface area contributed by atoms with Gasteiger partial charge in [0.2, 0.25) is 10.0 Å². The van der Waals surface area contributed by atoms with Crippen molar-refractivity contribution in [1.29, 1.82) is 0 Å². The Morgan fingerprint density at radius 3 is 1.96 bits per heavy atom. The molecule has 0 spiro atoms. The first-order valence-corrected chi connectivity index (χ1v) is 10.2. The number of aryl methyl sites for hydroxylation is 4. The van der Waals surface area contributed by atoms with E-state index in [9.17, 15) is 12.8 Å². The molecule has 0 radical (unpaired) electrons. The van der Waals surface area contributed by atoms with E-state index in [1.807, 2.05) is 0 Å². The maximum Gasteiger partial charge on any atom is 0.243 e. The lowest BCUT2D eigenvalue weighted by molar-refractivity contribution is 0.384. The van der Waals surface area contributed by atoms with Gasteiger partial charge in [-0.3, -0.25) is 0 Å². The largest absolute Gasteiger partial charge is 0.368 e. The van der Waals surface area contributed by atoms with Crippen LogP contribution in [0.25, 0.3) is 0 Å². The van der Waals surface area contributed by atoms with Crippen LogP contribution in [0, 0.1) is 33.5 Å². The zero-order chi connectivity index (χ0) is 19.1. The summed E-state index contributed by atoms with van der Waals surface area (Å²) >= 11 is 0. The molecule has 1 saturated heterocycles. The van der Waals surface area contributed by atoms with E-state index in [1.165, 1.54) is 44.9 Å². The predicted octanol–water partition coefficient (Wildman–Crippen LogP) is 3.57. The molecule has 0 aromatic heterocycles. The summed E-state index contributed by atoms with van der Waals surface area (Å²) in [6.45, 7) is 10.0. The van der Waals surface area contributed by atoms with Crippen molar-refractivity contribution in [3.8, 4) is 0 Å². The van der Waals surface area contributed by atoms with Crippen LogP contribution in [0.4, 0.5) is 10.1 Å². The number of sulfonamides is 1. The lowest BCUT2D eigenvalue weighted by atomic mass is 10.0. The van der Waals surface area contributed by atoms with Crippen LogP contribution in [0.5, 0.6) is 0 Å². The van der Waals surface area contributed by atoms with Crippen LogP contribution in [0.1, 0.15) is 22.3 Å². The van der Waals surface area contributed by atoms with Crippen molar-refractivity contribution < 1.29 is 12.8 Å². The van der Waals surface area contributed by atoms with E-state index in [0.29, 0.717) is 31.7 Å². The van der Waals surface area contributed by atoms with Gasteiger partial charge in [0.05, 0.1) is 4.90 Å². The summed E-state index contributed by atoms with van der Waals surface area (Å²) < 4.78 is 40.7. The fraction of sp³-hybridized carbons (Fsp3) is 0.400. The minimum atomic E-state index is -3.60. The number of piperazine rings is 1. The van der Waals surface area contributed by atoms with E-state index in [2.05, 4.69) is 37.8 Å². The molecule has 1 aliphatic rings. The van der Waals surface area contributed by atoms with E-state index in [0.717, 1.165) is 0 Å². The number of hydrogen-bond donors (Lipinski definition) is 0. The fourth-order valence-corrected chi connectivity index (χ4v) is 5.49. The topological polar surface area (TPSA) is 40.6 Å². The standard InChI is InChI=1S/C20H25FN2O2S/c1-14-11-16(3)20(17(4)12-14)22-7-9-23(10-8-22)26(24,25)19-6-5-18(21)13-15(19)2/h5-6,11-13H,7-10H2,1-4H3. The SMILES string of the molecule is Cc1cc(C)c(N2CCN(S(=O)(=O)c3ccc(F)cc3C)CC2)c(C)c1. The minimum Gasteiger partial charge on any atom is -0.368 e. The van der Waals surface area contributed by atoms with Gasteiger partial charge in [0.1, 0.15) is 5.82 Å². The molecule has 2 aromatic rings. The monoisotopic (exact) mass is 376 g/mol. The van der Waals surface area contributed by atoms with Gasteiger partial charge in [0, 0.05) is 31.9 Å². The third-order valence-corrected chi connectivity index (χ3v) is 7.00. The second kappa shape index (κ2) is 7.00. The van der Waals surface area contributed by atoms with Crippen molar-refractivity contribution in [3.63, 3.8) is 0 Å². The Morgan fingerprint density at radius 1 is 0.846 bits per heavy atom. The molecule has 0 atom stereocenters. The molecule has 4 nitrogen and oxygen atoms in total. The third kappa shape index (κ3) is 3.48. The van der Waals surface area contributed by atoms with Gasteiger partial charge in [-0.05, 0) is 62.6 Å². The van der Waals surface area contributed by atoms with Crippen LogP contribution < -0.4 is 4.90 Å². The van der Waals surface area contributed by atoms with Crippen LogP contribution in [0.3, 0.4) is 0 Å². The van der Waals surface area contributed by atoms with Crippen LogP contribution in [0.15, 0.2) is 35.2 Å².